The van der Waals surface area contributed by atoms with Crippen molar-refractivity contribution < 1.29 is 28.5 Å². The topological polar surface area (TPSA) is 84.0 Å². The van der Waals surface area contributed by atoms with E-state index in [4.69, 9.17) is 18.9 Å². The number of rotatable bonds is 8. The van der Waals surface area contributed by atoms with Gasteiger partial charge in [0.15, 0.2) is 11.5 Å². The van der Waals surface area contributed by atoms with Gasteiger partial charge in [-0.15, -0.1) is 0 Å². The third-order valence-electron chi connectivity index (χ3n) is 4.88. The predicted molar refractivity (Wildman–Crippen MR) is 121 cm³/mol. The van der Waals surface area contributed by atoms with E-state index in [1.165, 1.54) is 6.08 Å². The van der Waals surface area contributed by atoms with Crippen molar-refractivity contribution >= 4 is 28.9 Å². The van der Waals surface area contributed by atoms with Crippen molar-refractivity contribution in [2.45, 2.75) is 20.5 Å². The maximum atomic E-state index is 12.6. The number of esters is 2. The number of carbonyl (C=O) groups is 2. The maximum Gasteiger partial charge on any atom is 0.340 e. The van der Waals surface area contributed by atoms with Gasteiger partial charge in [0.05, 0.1) is 37.6 Å². The Morgan fingerprint density at radius 3 is 2.47 bits per heavy atom. The summed E-state index contributed by atoms with van der Waals surface area (Å²) in [7, 11) is 3.09. The molecule has 0 atom stereocenters. The highest BCUT2D eigenvalue weighted by Gasteiger charge is 2.20. The number of nitrogens with zero attached hydrogens (tertiary/aromatic N) is 1. The number of aryl methyl sites for hydroxylation is 1. The van der Waals surface area contributed by atoms with E-state index in [1.54, 1.807) is 45.4 Å². The number of fused-ring (bicyclic) bond motifs is 1. The molecule has 3 rings (SSSR count). The molecular formula is C25H25NO6. The van der Waals surface area contributed by atoms with Gasteiger partial charge in [0.1, 0.15) is 6.61 Å². The van der Waals surface area contributed by atoms with Gasteiger partial charge in [0, 0.05) is 11.5 Å². The molecule has 0 saturated carbocycles. The van der Waals surface area contributed by atoms with Crippen LogP contribution in [0.5, 0.6) is 11.5 Å². The van der Waals surface area contributed by atoms with Crippen LogP contribution in [0.4, 0.5) is 0 Å². The Bertz CT molecular complexity index is 1170. The minimum Gasteiger partial charge on any atom is -0.493 e. The zero-order valence-corrected chi connectivity index (χ0v) is 18.5. The fraction of sp³-hybridized carbons (Fsp3) is 0.240. The van der Waals surface area contributed by atoms with E-state index >= 15 is 0 Å². The lowest BCUT2D eigenvalue weighted by atomic mass is 10.0. The fourth-order valence-corrected chi connectivity index (χ4v) is 3.33. The maximum absolute atomic E-state index is 12.6. The molecule has 0 radical (unpaired) electrons. The molecule has 32 heavy (non-hydrogen) atoms. The number of carbonyl (C=O) groups excluding carboxylic acids is 2. The minimum atomic E-state index is -0.567. The molecule has 1 aromatic heterocycles. The summed E-state index contributed by atoms with van der Waals surface area (Å²) in [6, 6.07) is 12.8. The number of para-hydroxylation sites is 1. The van der Waals surface area contributed by atoms with E-state index < -0.39 is 11.9 Å². The number of methoxy groups -OCH3 is 2. The van der Waals surface area contributed by atoms with E-state index in [0.717, 1.165) is 16.5 Å². The van der Waals surface area contributed by atoms with Crippen LogP contribution >= 0.6 is 0 Å². The quantitative estimate of drug-likeness (QED) is 0.381. The summed E-state index contributed by atoms with van der Waals surface area (Å²) in [5.41, 5.74) is 2.87. The van der Waals surface area contributed by atoms with Gasteiger partial charge in [-0.1, -0.05) is 24.3 Å². The fourth-order valence-electron chi connectivity index (χ4n) is 3.33. The molecule has 0 spiro atoms. The Kier molecular flexibility index (Phi) is 7.44. The highest BCUT2D eigenvalue weighted by molar-refractivity contribution is 5.98. The Labute approximate surface area is 186 Å². The number of hydrogen-bond acceptors (Lipinski definition) is 7. The van der Waals surface area contributed by atoms with E-state index in [-0.39, 0.29) is 13.2 Å². The lowest BCUT2D eigenvalue weighted by Gasteiger charge is -2.13. The Balaban J connectivity index is 1.80. The van der Waals surface area contributed by atoms with Crippen LogP contribution in [0.15, 0.2) is 48.5 Å². The van der Waals surface area contributed by atoms with Crippen LogP contribution in [0.2, 0.25) is 0 Å². The normalized spacial score (nSPS) is 10.9. The average Bonchev–Trinajstić information content (AvgIpc) is 2.81. The van der Waals surface area contributed by atoms with Crippen LogP contribution in [0.25, 0.3) is 17.0 Å². The molecular weight excluding hydrogens is 410 g/mol. The largest absolute Gasteiger partial charge is 0.493 e. The minimum absolute atomic E-state index is 0.158. The second-order valence-corrected chi connectivity index (χ2v) is 6.85. The third-order valence-corrected chi connectivity index (χ3v) is 4.88. The van der Waals surface area contributed by atoms with E-state index in [0.29, 0.717) is 28.3 Å². The SMILES string of the molecule is CCOC(=O)c1c(COC(=O)C=Cc2ccc(OC)c(OC)c2)nc2ccccc2c1C. The van der Waals surface area contributed by atoms with Crippen molar-refractivity contribution in [1.29, 1.82) is 0 Å². The van der Waals surface area contributed by atoms with Gasteiger partial charge < -0.3 is 18.9 Å². The number of ether oxygens (including phenoxy) is 4. The summed E-state index contributed by atoms with van der Waals surface area (Å²) >= 11 is 0. The summed E-state index contributed by atoms with van der Waals surface area (Å²) in [5.74, 6) is 0.0896. The van der Waals surface area contributed by atoms with Gasteiger partial charge in [0.25, 0.3) is 0 Å². The molecule has 7 nitrogen and oxygen atoms in total. The second-order valence-electron chi connectivity index (χ2n) is 6.85. The van der Waals surface area contributed by atoms with Crippen LogP contribution in [-0.2, 0) is 20.9 Å². The van der Waals surface area contributed by atoms with Crippen LogP contribution < -0.4 is 9.47 Å². The van der Waals surface area contributed by atoms with Crippen LogP contribution in [0.3, 0.4) is 0 Å². The third kappa shape index (κ3) is 5.06. The van der Waals surface area contributed by atoms with Crippen LogP contribution in [0, 0.1) is 6.92 Å². The molecule has 1 heterocycles. The van der Waals surface area contributed by atoms with Gasteiger partial charge in [-0.05, 0) is 49.2 Å². The Hall–Kier alpha value is -3.87. The van der Waals surface area contributed by atoms with Crippen molar-refractivity contribution in [2.75, 3.05) is 20.8 Å². The number of hydrogen-bond donors (Lipinski definition) is 0. The van der Waals surface area contributed by atoms with Crippen molar-refractivity contribution in [3.05, 3.63) is 70.9 Å². The van der Waals surface area contributed by atoms with E-state index in [1.807, 2.05) is 31.2 Å². The lowest BCUT2D eigenvalue weighted by Crippen LogP contribution is -2.14. The molecule has 0 aliphatic heterocycles. The lowest BCUT2D eigenvalue weighted by molar-refractivity contribution is -0.139. The van der Waals surface area contributed by atoms with Crippen LogP contribution in [-0.4, -0.2) is 37.7 Å². The molecule has 0 unspecified atom stereocenters. The van der Waals surface area contributed by atoms with Gasteiger partial charge in [-0.3, -0.25) is 0 Å². The molecule has 0 fully saturated rings. The molecule has 3 aromatic rings. The van der Waals surface area contributed by atoms with E-state index in [2.05, 4.69) is 4.98 Å². The molecule has 0 bridgehead atoms. The first-order valence-electron chi connectivity index (χ1n) is 10.1. The number of benzene rings is 2. The smallest absolute Gasteiger partial charge is 0.340 e. The van der Waals surface area contributed by atoms with Gasteiger partial charge in [0.2, 0.25) is 0 Å². The standard InChI is InChI=1S/C25H25NO6/c1-5-31-25(28)24-16(2)18-8-6-7-9-19(18)26-20(24)15-32-23(27)13-11-17-10-12-21(29-3)22(14-17)30-4/h6-14H,5,15H2,1-4H3. The molecule has 0 aliphatic rings. The van der Waals surface area contributed by atoms with Crippen molar-refractivity contribution in [3.8, 4) is 11.5 Å². The molecule has 2 aromatic carbocycles. The zero-order valence-electron chi connectivity index (χ0n) is 18.5. The Morgan fingerprint density at radius 1 is 1.00 bits per heavy atom. The van der Waals surface area contributed by atoms with Gasteiger partial charge in [-0.2, -0.15) is 0 Å². The summed E-state index contributed by atoms with van der Waals surface area (Å²) < 4.78 is 21.0. The zero-order chi connectivity index (χ0) is 23.1. The summed E-state index contributed by atoms with van der Waals surface area (Å²) in [5, 5.41) is 0.846. The van der Waals surface area contributed by atoms with Gasteiger partial charge in [-0.25, -0.2) is 14.6 Å². The monoisotopic (exact) mass is 435 g/mol. The molecule has 0 aliphatic carbocycles. The second kappa shape index (κ2) is 10.4. The predicted octanol–water partition coefficient (Wildman–Crippen LogP) is 4.49. The average molecular weight is 435 g/mol. The highest BCUT2D eigenvalue weighted by atomic mass is 16.5. The molecule has 0 amide bonds. The first-order valence-corrected chi connectivity index (χ1v) is 10.1. The first-order chi connectivity index (χ1) is 15.5. The number of pyridine rings is 1. The van der Waals surface area contributed by atoms with Crippen molar-refractivity contribution in [1.82, 2.24) is 4.98 Å². The first kappa shape index (κ1) is 22.8. The van der Waals surface area contributed by atoms with E-state index in [9.17, 15) is 9.59 Å². The van der Waals surface area contributed by atoms with Gasteiger partial charge >= 0.3 is 11.9 Å². The Morgan fingerprint density at radius 2 is 1.75 bits per heavy atom. The summed E-state index contributed by atoms with van der Waals surface area (Å²) in [4.78, 5) is 29.4. The summed E-state index contributed by atoms with van der Waals surface area (Å²) in [6.07, 6.45) is 2.91. The number of aromatic nitrogens is 1. The molecule has 166 valence electrons. The van der Waals surface area contributed by atoms with Crippen molar-refractivity contribution in [3.63, 3.8) is 0 Å². The summed E-state index contributed by atoms with van der Waals surface area (Å²) in [6.45, 7) is 3.65. The molecule has 0 N–H and O–H groups in total. The van der Waals surface area contributed by atoms with Crippen LogP contribution in [0.1, 0.15) is 34.1 Å². The molecule has 7 heteroatoms. The molecule has 0 saturated heterocycles. The highest BCUT2D eigenvalue weighted by Crippen LogP contribution is 2.28. The van der Waals surface area contributed by atoms with Crippen molar-refractivity contribution in [2.24, 2.45) is 0 Å².